The summed E-state index contributed by atoms with van der Waals surface area (Å²) in [4.78, 5) is 13.2. The fraction of sp³-hybridized carbons (Fsp3) is 0.556. The average Bonchev–Trinajstić information content (AvgIpc) is 2.78. The van der Waals surface area contributed by atoms with Gasteiger partial charge in [-0.25, -0.2) is 0 Å². The van der Waals surface area contributed by atoms with Crippen molar-refractivity contribution >= 4 is 11.8 Å². The first-order valence-corrected chi connectivity index (χ1v) is 4.83. The van der Waals surface area contributed by atoms with Gasteiger partial charge in [-0.15, -0.1) is 0 Å². The molecule has 0 aliphatic carbocycles. The first-order valence-electron chi connectivity index (χ1n) is 4.83. The van der Waals surface area contributed by atoms with E-state index < -0.39 is 0 Å². The predicted molar refractivity (Wildman–Crippen MR) is 52.9 cm³/mol. The van der Waals surface area contributed by atoms with Gasteiger partial charge in [0, 0.05) is 26.2 Å². The van der Waals surface area contributed by atoms with Crippen LogP contribution in [0.3, 0.4) is 0 Å². The Kier molecular flexibility index (Phi) is 2.86. The molecule has 0 atom stereocenters. The summed E-state index contributed by atoms with van der Waals surface area (Å²) in [6.07, 6.45) is 0. The first kappa shape index (κ1) is 9.97. The number of amides is 1. The monoisotopic (exact) mass is 211 g/mol. The maximum Gasteiger partial charge on any atom is 0.273 e. The Bertz CT molecular complexity index is 344. The van der Waals surface area contributed by atoms with Crippen LogP contribution in [0.15, 0.2) is 10.6 Å². The number of ether oxygens (including phenoxy) is 1. The van der Waals surface area contributed by atoms with E-state index >= 15 is 0 Å². The topological polar surface area (TPSA) is 67.6 Å². The molecule has 1 aliphatic heterocycles. The molecule has 0 aromatic carbocycles. The van der Waals surface area contributed by atoms with Crippen molar-refractivity contribution in [2.75, 3.05) is 38.3 Å². The highest BCUT2D eigenvalue weighted by atomic mass is 16.5. The molecule has 0 spiro atoms. The normalized spacial score (nSPS) is 16.5. The zero-order chi connectivity index (χ0) is 10.7. The highest BCUT2D eigenvalue weighted by Gasteiger charge is 2.17. The fourth-order valence-corrected chi connectivity index (χ4v) is 1.43. The van der Waals surface area contributed by atoms with Crippen molar-refractivity contribution in [2.24, 2.45) is 0 Å². The van der Waals surface area contributed by atoms with Crippen LogP contribution < -0.4 is 10.2 Å². The summed E-state index contributed by atoms with van der Waals surface area (Å²) in [6, 6.07) is 1.64. The molecular weight excluding hydrogens is 198 g/mol. The first-order chi connectivity index (χ1) is 7.31. The summed E-state index contributed by atoms with van der Waals surface area (Å²) in [5, 5.41) is 6.19. The molecule has 15 heavy (non-hydrogen) atoms. The molecule has 6 nitrogen and oxygen atoms in total. The molecule has 1 aromatic rings. The predicted octanol–water partition coefficient (Wildman–Crippen LogP) is -0.129. The van der Waals surface area contributed by atoms with E-state index in [1.807, 2.05) is 4.90 Å². The van der Waals surface area contributed by atoms with Crippen molar-refractivity contribution in [3.63, 3.8) is 0 Å². The second-order valence-electron chi connectivity index (χ2n) is 3.23. The van der Waals surface area contributed by atoms with Gasteiger partial charge in [0.1, 0.15) is 0 Å². The van der Waals surface area contributed by atoms with Gasteiger partial charge in [0.2, 0.25) is 5.88 Å². The Balaban J connectivity index is 2.08. The van der Waals surface area contributed by atoms with Gasteiger partial charge in [0.25, 0.3) is 5.91 Å². The SMILES string of the molecule is CNC(=O)c1cc(N2CCOCC2)on1. The van der Waals surface area contributed by atoms with Crippen LogP contribution in [0.1, 0.15) is 10.5 Å². The van der Waals surface area contributed by atoms with Gasteiger partial charge in [-0.2, -0.15) is 0 Å². The highest BCUT2D eigenvalue weighted by Crippen LogP contribution is 2.16. The van der Waals surface area contributed by atoms with Crippen molar-refractivity contribution in [2.45, 2.75) is 0 Å². The zero-order valence-corrected chi connectivity index (χ0v) is 8.52. The van der Waals surface area contributed by atoms with Crippen molar-refractivity contribution in [1.29, 1.82) is 0 Å². The van der Waals surface area contributed by atoms with E-state index in [9.17, 15) is 4.79 Å². The Morgan fingerprint density at radius 1 is 1.53 bits per heavy atom. The van der Waals surface area contributed by atoms with Gasteiger partial charge in [-0.1, -0.05) is 5.16 Å². The van der Waals surface area contributed by atoms with Crippen LogP contribution in [0.25, 0.3) is 0 Å². The van der Waals surface area contributed by atoms with Gasteiger partial charge >= 0.3 is 0 Å². The van der Waals surface area contributed by atoms with Gasteiger partial charge in [0.15, 0.2) is 5.69 Å². The molecule has 1 aliphatic rings. The molecule has 2 heterocycles. The third-order valence-electron chi connectivity index (χ3n) is 2.28. The third kappa shape index (κ3) is 2.10. The number of carbonyl (C=O) groups is 1. The van der Waals surface area contributed by atoms with Crippen LogP contribution in [0.4, 0.5) is 5.88 Å². The number of aromatic nitrogens is 1. The largest absolute Gasteiger partial charge is 0.378 e. The van der Waals surface area contributed by atoms with E-state index in [4.69, 9.17) is 9.26 Å². The molecule has 2 rings (SSSR count). The molecule has 1 amide bonds. The van der Waals surface area contributed by atoms with E-state index in [-0.39, 0.29) is 5.91 Å². The second kappa shape index (κ2) is 4.31. The molecule has 82 valence electrons. The molecule has 0 unspecified atom stereocenters. The molecule has 1 fully saturated rings. The molecular formula is C9H13N3O3. The molecule has 0 radical (unpaired) electrons. The molecule has 1 N–H and O–H groups in total. The van der Waals surface area contributed by atoms with E-state index in [1.54, 1.807) is 13.1 Å². The summed E-state index contributed by atoms with van der Waals surface area (Å²) >= 11 is 0. The minimum atomic E-state index is -0.238. The Labute approximate surface area is 87.2 Å². The number of hydrogen-bond acceptors (Lipinski definition) is 5. The molecule has 0 saturated carbocycles. The summed E-state index contributed by atoms with van der Waals surface area (Å²) in [6.45, 7) is 2.89. The number of nitrogens with one attached hydrogen (secondary N) is 1. The lowest BCUT2D eigenvalue weighted by Gasteiger charge is -2.25. The molecule has 6 heteroatoms. The molecule has 1 saturated heterocycles. The number of nitrogens with zero attached hydrogens (tertiary/aromatic N) is 2. The lowest BCUT2D eigenvalue weighted by atomic mass is 10.3. The van der Waals surface area contributed by atoms with E-state index in [0.29, 0.717) is 24.8 Å². The van der Waals surface area contributed by atoms with Gasteiger partial charge in [-0.05, 0) is 0 Å². The van der Waals surface area contributed by atoms with Crippen molar-refractivity contribution in [1.82, 2.24) is 10.5 Å². The quantitative estimate of drug-likeness (QED) is 0.738. The number of anilines is 1. The van der Waals surface area contributed by atoms with E-state index in [2.05, 4.69) is 10.5 Å². The van der Waals surface area contributed by atoms with E-state index in [1.165, 1.54) is 0 Å². The fourth-order valence-electron chi connectivity index (χ4n) is 1.43. The van der Waals surface area contributed by atoms with Gasteiger partial charge < -0.3 is 19.5 Å². The molecule has 0 bridgehead atoms. The lowest BCUT2D eigenvalue weighted by molar-refractivity contribution is 0.0954. The minimum Gasteiger partial charge on any atom is -0.378 e. The Morgan fingerprint density at radius 3 is 2.93 bits per heavy atom. The maximum atomic E-state index is 11.2. The van der Waals surface area contributed by atoms with Crippen molar-refractivity contribution < 1.29 is 14.1 Å². The molecule has 1 aromatic heterocycles. The van der Waals surface area contributed by atoms with Crippen LogP contribution in [-0.4, -0.2) is 44.4 Å². The van der Waals surface area contributed by atoms with Crippen molar-refractivity contribution in [3.05, 3.63) is 11.8 Å². The standard InChI is InChI=1S/C9H13N3O3/c1-10-9(13)7-6-8(15-11-7)12-2-4-14-5-3-12/h6H,2-5H2,1H3,(H,10,13). The average molecular weight is 211 g/mol. The van der Waals surface area contributed by atoms with E-state index in [0.717, 1.165) is 13.1 Å². The van der Waals surface area contributed by atoms with Crippen LogP contribution in [0, 0.1) is 0 Å². The van der Waals surface area contributed by atoms with Gasteiger partial charge in [0.05, 0.1) is 13.2 Å². The smallest absolute Gasteiger partial charge is 0.273 e. The number of carbonyl (C=O) groups excluding carboxylic acids is 1. The minimum absolute atomic E-state index is 0.238. The van der Waals surface area contributed by atoms with Crippen LogP contribution in [0.5, 0.6) is 0 Å². The van der Waals surface area contributed by atoms with Crippen molar-refractivity contribution in [3.8, 4) is 0 Å². The Hall–Kier alpha value is -1.56. The second-order valence-corrected chi connectivity index (χ2v) is 3.23. The summed E-state index contributed by atoms with van der Waals surface area (Å²) in [5.41, 5.74) is 0.305. The summed E-state index contributed by atoms with van der Waals surface area (Å²) in [7, 11) is 1.56. The van der Waals surface area contributed by atoms with Crippen LogP contribution >= 0.6 is 0 Å². The lowest BCUT2D eigenvalue weighted by Crippen LogP contribution is -2.35. The zero-order valence-electron chi connectivity index (χ0n) is 8.52. The Morgan fingerprint density at radius 2 is 2.27 bits per heavy atom. The number of morpholine rings is 1. The summed E-state index contributed by atoms with van der Waals surface area (Å²) in [5.74, 6) is 0.384. The van der Waals surface area contributed by atoms with Crippen LogP contribution in [-0.2, 0) is 4.74 Å². The third-order valence-corrected chi connectivity index (χ3v) is 2.28. The highest BCUT2D eigenvalue weighted by molar-refractivity contribution is 5.92. The number of rotatable bonds is 2. The maximum absolute atomic E-state index is 11.2. The summed E-state index contributed by atoms with van der Waals surface area (Å²) < 4.78 is 10.3. The number of hydrogen-bond donors (Lipinski definition) is 1. The van der Waals surface area contributed by atoms with Gasteiger partial charge in [-0.3, -0.25) is 4.79 Å². The van der Waals surface area contributed by atoms with Crippen LogP contribution in [0.2, 0.25) is 0 Å².